The van der Waals surface area contributed by atoms with E-state index in [4.69, 9.17) is 0 Å². The SMILES string of the molecule is O=C(NNc1nc2ccccc2c(=O)[nH]1)c1cccc(-c2c(F)cccc2F)c1. The highest BCUT2D eigenvalue weighted by atomic mass is 19.1. The summed E-state index contributed by atoms with van der Waals surface area (Å²) in [6.07, 6.45) is 0. The fraction of sp³-hybridized carbons (Fsp3) is 0. The van der Waals surface area contributed by atoms with Crippen molar-refractivity contribution in [3.05, 3.63) is 94.3 Å². The van der Waals surface area contributed by atoms with Gasteiger partial charge in [0.2, 0.25) is 5.95 Å². The summed E-state index contributed by atoms with van der Waals surface area (Å²) < 4.78 is 28.0. The number of aromatic nitrogens is 2. The number of amides is 1. The summed E-state index contributed by atoms with van der Waals surface area (Å²) >= 11 is 0. The molecule has 1 amide bonds. The molecule has 0 radical (unpaired) electrons. The summed E-state index contributed by atoms with van der Waals surface area (Å²) in [5.41, 5.74) is 5.24. The van der Waals surface area contributed by atoms with Gasteiger partial charge < -0.3 is 0 Å². The van der Waals surface area contributed by atoms with Crippen molar-refractivity contribution in [2.24, 2.45) is 0 Å². The number of para-hydroxylation sites is 1. The van der Waals surface area contributed by atoms with Crippen molar-refractivity contribution in [3.63, 3.8) is 0 Å². The molecule has 3 N–H and O–H groups in total. The second-order valence-electron chi connectivity index (χ2n) is 6.19. The average Bonchev–Trinajstić information content (AvgIpc) is 2.72. The lowest BCUT2D eigenvalue weighted by Crippen LogP contribution is -2.31. The highest BCUT2D eigenvalue weighted by molar-refractivity contribution is 5.96. The molecule has 4 aromatic rings. The van der Waals surface area contributed by atoms with Crippen molar-refractivity contribution in [1.82, 2.24) is 15.4 Å². The summed E-state index contributed by atoms with van der Waals surface area (Å²) in [6.45, 7) is 0. The summed E-state index contributed by atoms with van der Waals surface area (Å²) in [4.78, 5) is 31.2. The molecule has 0 atom stereocenters. The molecule has 29 heavy (non-hydrogen) atoms. The molecular formula is C21H14F2N4O2. The number of carbonyl (C=O) groups excluding carboxylic acids is 1. The molecule has 3 aromatic carbocycles. The van der Waals surface area contributed by atoms with E-state index in [-0.39, 0.29) is 28.2 Å². The molecule has 0 saturated carbocycles. The van der Waals surface area contributed by atoms with E-state index in [1.165, 1.54) is 30.3 Å². The van der Waals surface area contributed by atoms with Crippen LogP contribution in [0.4, 0.5) is 14.7 Å². The number of anilines is 1. The van der Waals surface area contributed by atoms with Gasteiger partial charge in [-0.2, -0.15) is 0 Å². The van der Waals surface area contributed by atoms with Crippen LogP contribution in [0.2, 0.25) is 0 Å². The third-order valence-electron chi connectivity index (χ3n) is 4.28. The van der Waals surface area contributed by atoms with Crippen molar-refractivity contribution in [2.75, 3.05) is 5.43 Å². The number of hydrazine groups is 1. The van der Waals surface area contributed by atoms with Crippen LogP contribution in [0.15, 0.2) is 71.5 Å². The van der Waals surface area contributed by atoms with Gasteiger partial charge in [0, 0.05) is 5.56 Å². The van der Waals surface area contributed by atoms with Gasteiger partial charge in [0.25, 0.3) is 11.5 Å². The first kappa shape index (κ1) is 18.3. The Balaban J connectivity index is 1.56. The Morgan fingerprint density at radius 3 is 2.45 bits per heavy atom. The first-order valence-corrected chi connectivity index (χ1v) is 8.63. The van der Waals surface area contributed by atoms with Crippen molar-refractivity contribution < 1.29 is 13.6 Å². The number of halogens is 2. The van der Waals surface area contributed by atoms with E-state index in [1.54, 1.807) is 24.3 Å². The van der Waals surface area contributed by atoms with Gasteiger partial charge in [0.15, 0.2) is 0 Å². The van der Waals surface area contributed by atoms with Crippen LogP contribution in [0.1, 0.15) is 10.4 Å². The summed E-state index contributed by atoms with van der Waals surface area (Å²) in [7, 11) is 0. The second kappa shape index (κ2) is 7.51. The number of H-pyrrole nitrogens is 1. The van der Waals surface area contributed by atoms with Gasteiger partial charge >= 0.3 is 0 Å². The number of nitrogens with zero attached hydrogens (tertiary/aromatic N) is 1. The molecule has 0 unspecified atom stereocenters. The van der Waals surface area contributed by atoms with Crippen LogP contribution in [0.25, 0.3) is 22.0 Å². The maximum Gasteiger partial charge on any atom is 0.269 e. The molecule has 4 rings (SSSR count). The van der Waals surface area contributed by atoms with Crippen molar-refractivity contribution in [2.45, 2.75) is 0 Å². The largest absolute Gasteiger partial charge is 0.291 e. The van der Waals surface area contributed by atoms with Crippen LogP contribution in [0.5, 0.6) is 0 Å². The molecule has 144 valence electrons. The molecule has 0 aliphatic rings. The predicted octanol–water partition coefficient (Wildman–Crippen LogP) is 3.63. The Bertz CT molecular complexity index is 1270. The smallest absolute Gasteiger partial charge is 0.269 e. The molecule has 1 aromatic heterocycles. The number of fused-ring (bicyclic) bond motifs is 1. The molecule has 0 saturated heterocycles. The Morgan fingerprint density at radius 2 is 1.66 bits per heavy atom. The molecule has 1 heterocycles. The van der Waals surface area contributed by atoms with Crippen LogP contribution in [0.3, 0.4) is 0 Å². The fourth-order valence-corrected chi connectivity index (χ4v) is 2.92. The summed E-state index contributed by atoms with van der Waals surface area (Å²) in [5, 5.41) is 0.420. The number of hydrogen-bond acceptors (Lipinski definition) is 4. The normalized spacial score (nSPS) is 10.7. The van der Waals surface area contributed by atoms with E-state index in [9.17, 15) is 18.4 Å². The lowest BCUT2D eigenvalue weighted by molar-refractivity contribution is 0.0962. The second-order valence-corrected chi connectivity index (χ2v) is 6.19. The zero-order valence-corrected chi connectivity index (χ0v) is 14.9. The van der Waals surface area contributed by atoms with E-state index >= 15 is 0 Å². The number of aromatic amines is 1. The Kier molecular flexibility index (Phi) is 4.74. The number of rotatable bonds is 4. The monoisotopic (exact) mass is 392 g/mol. The highest BCUT2D eigenvalue weighted by Crippen LogP contribution is 2.26. The van der Waals surface area contributed by atoms with Crippen molar-refractivity contribution in [3.8, 4) is 11.1 Å². The summed E-state index contributed by atoms with van der Waals surface area (Å²) in [6, 6.07) is 16.2. The molecule has 8 heteroatoms. The van der Waals surface area contributed by atoms with Crippen LogP contribution in [0, 0.1) is 11.6 Å². The molecule has 6 nitrogen and oxygen atoms in total. The van der Waals surface area contributed by atoms with Gasteiger partial charge in [-0.1, -0.05) is 30.3 Å². The van der Waals surface area contributed by atoms with E-state index in [2.05, 4.69) is 20.8 Å². The van der Waals surface area contributed by atoms with E-state index in [1.807, 2.05) is 0 Å². The number of carbonyl (C=O) groups is 1. The fourth-order valence-electron chi connectivity index (χ4n) is 2.92. The topological polar surface area (TPSA) is 86.9 Å². The van der Waals surface area contributed by atoms with E-state index < -0.39 is 17.5 Å². The average molecular weight is 392 g/mol. The van der Waals surface area contributed by atoms with Gasteiger partial charge in [-0.25, -0.2) is 13.8 Å². The Hall–Kier alpha value is -4.07. The molecule has 0 bridgehead atoms. The lowest BCUT2D eigenvalue weighted by atomic mass is 10.0. The minimum Gasteiger partial charge on any atom is -0.291 e. The van der Waals surface area contributed by atoms with Gasteiger partial charge in [0.1, 0.15) is 11.6 Å². The molecular weight excluding hydrogens is 378 g/mol. The zero-order chi connectivity index (χ0) is 20.4. The summed E-state index contributed by atoms with van der Waals surface area (Å²) in [5.74, 6) is -1.96. The Morgan fingerprint density at radius 1 is 0.931 bits per heavy atom. The number of benzene rings is 3. The van der Waals surface area contributed by atoms with E-state index in [0.29, 0.717) is 10.9 Å². The van der Waals surface area contributed by atoms with Crippen molar-refractivity contribution in [1.29, 1.82) is 0 Å². The molecule has 0 fully saturated rings. The number of nitrogens with one attached hydrogen (secondary N) is 3. The Labute approximate surface area is 163 Å². The van der Waals surface area contributed by atoms with Gasteiger partial charge in [-0.3, -0.25) is 25.4 Å². The quantitative estimate of drug-likeness (QED) is 0.463. The first-order chi connectivity index (χ1) is 14.0. The predicted molar refractivity (Wildman–Crippen MR) is 105 cm³/mol. The van der Waals surface area contributed by atoms with Crippen LogP contribution >= 0.6 is 0 Å². The lowest BCUT2D eigenvalue weighted by Gasteiger charge is -2.10. The third kappa shape index (κ3) is 3.68. The van der Waals surface area contributed by atoms with Crippen LogP contribution in [-0.2, 0) is 0 Å². The van der Waals surface area contributed by atoms with Crippen molar-refractivity contribution >= 4 is 22.8 Å². The molecule has 0 spiro atoms. The maximum absolute atomic E-state index is 14.0. The third-order valence-corrected chi connectivity index (χ3v) is 4.28. The number of hydrogen-bond donors (Lipinski definition) is 3. The molecule has 0 aliphatic heterocycles. The van der Waals surface area contributed by atoms with Crippen LogP contribution in [-0.4, -0.2) is 15.9 Å². The van der Waals surface area contributed by atoms with Crippen LogP contribution < -0.4 is 16.4 Å². The minimum atomic E-state index is -0.723. The zero-order valence-electron chi connectivity index (χ0n) is 14.9. The standard InChI is InChI=1S/C21H14F2N4O2/c22-15-8-4-9-16(23)18(15)12-5-3-6-13(11-12)19(28)26-27-21-24-17-10-2-1-7-14(17)20(29)25-21/h1-11H,(H,26,28)(H2,24,25,27,29). The molecule has 0 aliphatic carbocycles. The van der Waals surface area contributed by atoms with Gasteiger partial charge in [0.05, 0.1) is 16.5 Å². The highest BCUT2D eigenvalue weighted by Gasteiger charge is 2.13. The maximum atomic E-state index is 14.0. The first-order valence-electron chi connectivity index (χ1n) is 8.63. The van der Waals surface area contributed by atoms with Gasteiger partial charge in [-0.05, 0) is 42.0 Å². The van der Waals surface area contributed by atoms with Gasteiger partial charge in [-0.15, -0.1) is 0 Å². The minimum absolute atomic E-state index is 0.0540. The van der Waals surface area contributed by atoms with E-state index in [0.717, 1.165) is 12.1 Å².